The molecule has 1 aromatic carbocycles. The molecule has 0 heterocycles. The maximum absolute atomic E-state index is 11.0. The molecule has 0 unspecified atom stereocenters. The van der Waals surface area contributed by atoms with Crippen LogP contribution in [0.5, 0.6) is 0 Å². The number of aryl methyl sites for hydroxylation is 2. The van der Waals surface area contributed by atoms with Gasteiger partial charge in [-0.1, -0.05) is 18.2 Å². The van der Waals surface area contributed by atoms with Gasteiger partial charge in [-0.2, -0.15) is 0 Å². The first-order valence-corrected chi connectivity index (χ1v) is 6.26. The number of rotatable bonds is 3. The lowest BCUT2D eigenvalue weighted by molar-refractivity contribution is -0.118. The van der Waals surface area contributed by atoms with Gasteiger partial charge in [0.25, 0.3) is 0 Å². The number of benzene rings is 1. The van der Waals surface area contributed by atoms with Crippen LogP contribution in [0.25, 0.3) is 0 Å². The molecule has 1 aliphatic rings. The van der Waals surface area contributed by atoms with Crippen LogP contribution >= 0.6 is 11.6 Å². The first-order chi connectivity index (χ1) is 7.79. The van der Waals surface area contributed by atoms with E-state index in [1.54, 1.807) is 0 Å². The molecule has 0 fully saturated rings. The average Bonchev–Trinajstić information content (AvgIpc) is 2.35. The average molecular weight is 238 g/mol. The van der Waals surface area contributed by atoms with E-state index in [0.29, 0.717) is 6.54 Å². The number of hydrogen-bond acceptors (Lipinski definition) is 1. The summed E-state index contributed by atoms with van der Waals surface area (Å²) in [6.45, 7) is 0.582. The topological polar surface area (TPSA) is 29.1 Å². The van der Waals surface area contributed by atoms with Gasteiger partial charge < -0.3 is 5.32 Å². The molecule has 1 aliphatic carbocycles. The van der Waals surface area contributed by atoms with E-state index in [-0.39, 0.29) is 11.8 Å². The molecule has 0 aliphatic heterocycles. The second-order valence-electron chi connectivity index (χ2n) is 4.22. The molecule has 0 saturated carbocycles. The van der Waals surface area contributed by atoms with E-state index in [1.165, 1.54) is 42.4 Å². The standard InChI is InChI=1S/C13H16ClNO/c14-8-13(16)15-9-10-5-6-11-3-1-2-4-12(11)7-10/h5-7H,1-4,8-9H2,(H,15,16). The molecule has 1 amide bonds. The van der Waals surface area contributed by atoms with Gasteiger partial charge >= 0.3 is 0 Å². The SMILES string of the molecule is O=C(CCl)NCc1ccc2c(c1)CCCC2. The summed E-state index contributed by atoms with van der Waals surface area (Å²) < 4.78 is 0. The molecular weight excluding hydrogens is 222 g/mol. The molecule has 2 nitrogen and oxygen atoms in total. The maximum Gasteiger partial charge on any atom is 0.235 e. The first kappa shape index (κ1) is 11.5. The highest BCUT2D eigenvalue weighted by Gasteiger charge is 2.09. The van der Waals surface area contributed by atoms with Crippen molar-refractivity contribution in [3.05, 3.63) is 34.9 Å². The quantitative estimate of drug-likeness (QED) is 0.804. The molecule has 0 aromatic heterocycles. The van der Waals surface area contributed by atoms with E-state index >= 15 is 0 Å². The monoisotopic (exact) mass is 237 g/mol. The molecule has 0 radical (unpaired) electrons. The van der Waals surface area contributed by atoms with Gasteiger partial charge in [0.2, 0.25) is 5.91 Å². The largest absolute Gasteiger partial charge is 0.351 e. The Bertz CT molecular complexity index is 390. The smallest absolute Gasteiger partial charge is 0.235 e. The zero-order chi connectivity index (χ0) is 11.4. The number of carbonyl (C=O) groups excluding carboxylic acids is 1. The van der Waals surface area contributed by atoms with E-state index in [9.17, 15) is 4.79 Å². The zero-order valence-corrected chi connectivity index (χ0v) is 10.0. The van der Waals surface area contributed by atoms with Gasteiger partial charge in [-0.15, -0.1) is 11.6 Å². The van der Waals surface area contributed by atoms with Crippen molar-refractivity contribution in [3.63, 3.8) is 0 Å². The van der Waals surface area contributed by atoms with Crippen molar-refractivity contribution in [2.45, 2.75) is 32.2 Å². The van der Waals surface area contributed by atoms with Gasteiger partial charge in [0.1, 0.15) is 5.88 Å². The van der Waals surface area contributed by atoms with Crippen molar-refractivity contribution >= 4 is 17.5 Å². The number of hydrogen-bond donors (Lipinski definition) is 1. The van der Waals surface area contributed by atoms with Crippen LogP contribution in [0.15, 0.2) is 18.2 Å². The number of carbonyl (C=O) groups is 1. The van der Waals surface area contributed by atoms with E-state index in [1.807, 2.05) is 0 Å². The van der Waals surface area contributed by atoms with Gasteiger partial charge in [-0.3, -0.25) is 4.79 Å². The molecule has 16 heavy (non-hydrogen) atoms. The molecule has 86 valence electrons. The van der Waals surface area contributed by atoms with Crippen molar-refractivity contribution in [1.29, 1.82) is 0 Å². The molecular formula is C13H16ClNO. The van der Waals surface area contributed by atoms with Crippen LogP contribution in [-0.4, -0.2) is 11.8 Å². The lowest BCUT2D eigenvalue weighted by Crippen LogP contribution is -2.23. The molecule has 1 aromatic rings. The van der Waals surface area contributed by atoms with Crippen LogP contribution in [0.2, 0.25) is 0 Å². The molecule has 0 bridgehead atoms. The summed E-state index contributed by atoms with van der Waals surface area (Å²) in [5.41, 5.74) is 4.08. The van der Waals surface area contributed by atoms with Crippen LogP contribution in [0.3, 0.4) is 0 Å². The third kappa shape index (κ3) is 2.76. The number of nitrogens with one attached hydrogen (secondary N) is 1. The third-order valence-electron chi connectivity index (χ3n) is 3.02. The van der Waals surface area contributed by atoms with Gasteiger partial charge in [0.05, 0.1) is 0 Å². The van der Waals surface area contributed by atoms with Crippen LogP contribution in [0.1, 0.15) is 29.5 Å². The molecule has 3 heteroatoms. The fourth-order valence-corrected chi connectivity index (χ4v) is 2.24. The van der Waals surface area contributed by atoms with Gasteiger partial charge in [0, 0.05) is 6.54 Å². The Labute approximate surface area is 101 Å². The van der Waals surface area contributed by atoms with Crippen LogP contribution in [-0.2, 0) is 24.2 Å². The number of alkyl halides is 1. The predicted octanol–water partition coefficient (Wildman–Crippen LogP) is 2.42. The Morgan fingerprint density at radius 2 is 2.00 bits per heavy atom. The summed E-state index contributed by atoms with van der Waals surface area (Å²) in [7, 11) is 0. The van der Waals surface area contributed by atoms with Crippen LogP contribution in [0.4, 0.5) is 0 Å². The molecule has 1 N–H and O–H groups in total. The lowest BCUT2D eigenvalue weighted by atomic mass is 9.90. The van der Waals surface area contributed by atoms with E-state index in [4.69, 9.17) is 11.6 Å². The molecule has 0 atom stereocenters. The predicted molar refractivity (Wildman–Crippen MR) is 65.7 cm³/mol. The number of fused-ring (bicyclic) bond motifs is 1. The van der Waals surface area contributed by atoms with Gasteiger partial charge in [0.15, 0.2) is 0 Å². The van der Waals surface area contributed by atoms with Crippen molar-refractivity contribution in [2.24, 2.45) is 0 Å². The Morgan fingerprint density at radius 3 is 2.75 bits per heavy atom. The minimum Gasteiger partial charge on any atom is -0.351 e. The summed E-state index contributed by atoms with van der Waals surface area (Å²) in [6, 6.07) is 6.50. The highest BCUT2D eigenvalue weighted by atomic mass is 35.5. The van der Waals surface area contributed by atoms with E-state index in [2.05, 4.69) is 23.5 Å². The minimum atomic E-state index is -0.112. The highest BCUT2D eigenvalue weighted by Crippen LogP contribution is 2.22. The molecule has 2 rings (SSSR count). The molecule has 0 spiro atoms. The van der Waals surface area contributed by atoms with Gasteiger partial charge in [-0.05, 0) is 42.4 Å². The summed E-state index contributed by atoms with van der Waals surface area (Å²) >= 11 is 5.42. The Kier molecular flexibility index (Phi) is 3.83. The second-order valence-corrected chi connectivity index (χ2v) is 4.49. The molecule has 0 saturated heterocycles. The highest BCUT2D eigenvalue weighted by molar-refractivity contribution is 6.27. The van der Waals surface area contributed by atoms with E-state index in [0.717, 1.165) is 0 Å². The number of halogens is 1. The Balaban J connectivity index is 2.03. The summed E-state index contributed by atoms with van der Waals surface area (Å²) in [5, 5.41) is 2.78. The summed E-state index contributed by atoms with van der Waals surface area (Å²) in [6.07, 6.45) is 4.95. The van der Waals surface area contributed by atoms with Crippen molar-refractivity contribution in [1.82, 2.24) is 5.32 Å². The second kappa shape index (κ2) is 5.35. The summed E-state index contributed by atoms with van der Waals surface area (Å²) in [4.78, 5) is 11.0. The van der Waals surface area contributed by atoms with Crippen molar-refractivity contribution < 1.29 is 4.79 Å². The fraction of sp³-hybridized carbons (Fsp3) is 0.462. The third-order valence-corrected chi connectivity index (χ3v) is 3.27. The Hall–Kier alpha value is -1.02. The summed E-state index contributed by atoms with van der Waals surface area (Å²) in [5.74, 6) is -0.0790. The number of amides is 1. The first-order valence-electron chi connectivity index (χ1n) is 5.73. The van der Waals surface area contributed by atoms with Crippen LogP contribution in [0, 0.1) is 0 Å². The van der Waals surface area contributed by atoms with Crippen molar-refractivity contribution in [3.8, 4) is 0 Å². The fourth-order valence-electron chi connectivity index (χ4n) is 2.14. The minimum absolute atomic E-state index is 0.0327. The zero-order valence-electron chi connectivity index (χ0n) is 9.26. The maximum atomic E-state index is 11.0. The van der Waals surface area contributed by atoms with Crippen molar-refractivity contribution in [2.75, 3.05) is 5.88 Å². The lowest BCUT2D eigenvalue weighted by Gasteiger charge is -2.16. The van der Waals surface area contributed by atoms with E-state index < -0.39 is 0 Å². The van der Waals surface area contributed by atoms with Crippen LogP contribution < -0.4 is 5.32 Å². The Morgan fingerprint density at radius 1 is 1.25 bits per heavy atom. The normalized spacial score (nSPS) is 14.3. The van der Waals surface area contributed by atoms with Gasteiger partial charge in [-0.25, -0.2) is 0 Å².